The van der Waals surface area contributed by atoms with Gasteiger partial charge in [0.15, 0.2) is 4.34 Å². The number of fused-ring (bicyclic) bond motifs is 1. The molecule has 1 aromatic carbocycles. The molecule has 0 spiro atoms. The molecule has 0 aliphatic rings. The first-order valence-electron chi connectivity index (χ1n) is 8.36. The van der Waals surface area contributed by atoms with Crippen LogP contribution in [0.4, 0.5) is 5.69 Å². The van der Waals surface area contributed by atoms with Crippen molar-refractivity contribution in [1.29, 1.82) is 0 Å². The van der Waals surface area contributed by atoms with Gasteiger partial charge in [0.25, 0.3) is 5.69 Å². The Morgan fingerprint density at radius 2 is 1.96 bits per heavy atom. The number of carbonyl (C=O) groups excluding carboxylic acids is 1. The molecule has 1 aromatic heterocycles. The lowest BCUT2D eigenvalue weighted by molar-refractivity contribution is -0.384. The summed E-state index contributed by atoms with van der Waals surface area (Å²) in [5, 5.41) is 10.9. The van der Waals surface area contributed by atoms with Crippen LogP contribution in [0.1, 0.15) is 40.5 Å². The number of non-ortho nitro benzene ring substituents is 1. The minimum atomic E-state index is -0.411. The SMILES string of the molecule is CC[C@H](C)N(C(=O)CSc1nc2ccc([N+](=O)[O-])cc2s1)[C@@H](C)CC. The third kappa shape index (κ3) is 4.70. The third-order valence-electron chi connectivity index (χ3n) is 4.30. The average Bonchev–Trinajstić information content (AvgIpc) is 3.01. The molecular formula is C17H23N3O3S2. The van der Waals surface area contributed by atoms with E-state index in [-0.39, 0.29) is 23.7 Å². The first kappa shape index (κ1) is 19.7. The molecule has 25 heavy (non-hydrogen) atoms. The van der Waals surface area contributed by atoms with Crippen LogP contribution in [0.2, 0.25) is 0 Å². The largest absolute Gasteiger partial charge is 0.337 e. The summed E-state index contributed by atoms with van der Waals surface area (Å²) in [5.41, 5.74) is 0.787. The molecule has 0 aliphatic heterocycles. The van der Waals surface area contributed by atoms with E-state index >= 15 is 0 Å². The van der Waals surface area contributed by atoms with Gasteiger partial charge in [0.2, 0.25) is 5.91 Å². The second kappa shape index (κ2) is 8.62. The van der Waals surface area contributed by atoms with E-state index in [2.05, 4.69) is 32.7 Å². The number of benzene rings is 1. The van der Waals surface area contributed by atoms with Gasteiger partial charge in [-0.25, -0.2) is 4.98 Å². The van der Waals surface area contributed by atoms with Gasteiger partial charge in [-0.3, -0.25) is 14.9 Å². The summed E-state index contributed by atoms with van der Waals surface area (Å²) in [7, 11) is 0. The molecule has 0 saturated carbocycles. The summed E-state index contributed by atoms with van der Waals surface area (Å²) >= 11 is 2.79. The normalized spacial score (nSPS) is 13.6. The minimum absolute atomic E-state index is 0.0588. The highest BCUT2D eigenvalue weighted by molar-refractivity contribution is 8.01. The Morgan fingerprint density at radius 3 is 2.52 bits per heavy atom. The zero-order valence-electron chi connectivity index (χ0n) is 14.9. The number of carbonyl (C=O) groups is 1. The number of thiazole rings is 1. The maximum absolute atomic E-state index is 12.7. The fourth-order valence-corrected chi connectivity index (χ4v) is 4.56. The van der Waals surface area contributed by atoms with Crippen molar-refractivity contribution in [2.24, 2.45) is 0 Å². The van der Waals surface area contributed by atoms with E-state index in [1.165, 1.54) is 35.2 Å². The van der Waals surface area contributed by atoms with Crippen molar-refractivity contribution in [1.82, 2.24) is 9.88 Å². The van der Waals surface area contributed by atoms with E-state index < -0.39 is 4.92 Å². The van der Waals surface area contributed by atoms with E-state index in [0.29, 0.717) is 5.75 Å². The molecule has 1 heterocycles. The maximum atomic E-state index is 12.7. The van der Waals surface area contributed by atoms with Gasteiger partial charge in [-0.1, -0.05) is 25.6 Å². The number of rotatable bonds is 8. The molecule has 8 heteroatoms. The van der Waals surface area contributed by atoms with Crippen molar-refractivity contribution in [3.8, 4) is 0 Å². The number of thioether (sulfide) groups is 1. The smallest absolute Gasteiger partial charge is 0.270 e. The standard InChI is InChI=1S/C17H23N3O3S2/c1-5-11(3)19(12(4)6-2)16(21)10-24-17-18-14-8-7-13(20(22)23)9-15(14)25-17/h7-9,11-12H,5-6,10H2,1-4H3/t11-,12-/m0/s1. The number of nitro groups is 1. The van der Waals surface area contributed by atoms with Crippen molar-refractivity contribution < 1.29 is 9.72 Å². The lowest BCUT2D eigenvalue weighted by Gasteiger charge is -2.33. The molecule has 2 aromatic rings. The average molecular weight is 382 g/mol. The van der Waals surface area contributed by atoms with Crippen LogP contribution < -0.4 is 0 Å². The molecule has 2 rings (SSSR count). The van der Waals surface area contributed by atoms with Crippen LogP contribution in [0.3, 0.4) is 0 Å². The maximum Gasteiger partial charge on any atom is 0.270 e. The fourth-order valence-electron chi connectivity index (χ4n) is 2.58. The molecule has 0 bridgehead atoms. The molecule has 6 nitrogen and oxygen atoms in total. The Hall–Kier alpha value is -1.67. The highest BCUT2D eigenvalue weighted by Crippen LogP contribution is 2.32. The molecule has 136 valence electrons. The second-order valence-corrected chi connectivity index (χ2v) is 8.25. The number of nitro benzene ring substituents is 1. The Balaban J connectivity index is 2.10. The van der Waals surface area contributed by atoms with Crippen LogP contribution in [0.5, 0.6) is 0 Å². The fraction of sp³-hybridized carbons (Fsp3) is 0.529. The minimum Gasteiger partial charge on any atom is -0.337 e. The molecular weight excluding hydrogens is 358 g/mol. The Morgan fingerprint density at radius 1 is 1.32 bits per heavy atom. The molecule has 0 N–H and O–H groups in total. The summed E-state index contributed by atoms with van der Waals surface area (Å²) < 4.78 is 1.53. The van der Waals surface area contributed by atoms with Gasteiger partial charge in [-0.05, 0) is 32.8 Å². The molecule has 0 radical (unpaired) electrons. The summed E-state index contributed by atoms with van der Waals surface area (Å²) in [4.78, 5) is 29.5. The van der Waals surface area contributed by atoms with Gasteiger partial charge in [-0.2, -0.15) is 0 Å². The number of amides is 1. The molecule has 1 amide bonds. The van der Waals surface area contributed by atoms with Crippen LogP contribution in [0, 0.1) is 10.1 Å². The quantitative estimate of drug-likeness (QED) is 0.375. The number of nitrogens with zero attached hydrogens (tertiary/aromatic N) is 3. The van der Waals surface area contributed by atoms with Gasteiger partial charge in [0.1, 0.15) is 0 Å². The Kier molecular flexibility index (Phi) is 6.78. The van der Waals surface area contributed by atoms with Crippen molar-refractivity contribution in [2.45, 2.75) is 57.0 Å². The van der Waals surface area contributed by atoms with Crippen LogP contribution in [0.15, 0.2) is 22.5 Å². The number of hydrogen-bond acceptors (Lipinski definition) is 6. The van der Waals surface area contributed by atoms with E-state index in [0.717, 1.165) is 27.4 Å². The van der Waals surface area contributed by atoms with Crippen molar-refractivity contribution in [3.05, 3.63) is 28.3 Å². The Bertz CT molecular complexity index is 753. The molecule has 0 saturated heterocycles. The summed E-state index contributed by atoms with van der Waals surface area (Å²) in [6.45, 7) is 8.32. The molecule has 0 aliphatic carbocycles. The van der Waals surface area contributed by atoms with E-state index in [1.54, 1.807) is 6.07 Å². The second-order valence-electron chi connectivity index (χ2n) is 5.99. The van der Waals surface area contributed by atoms with Gasteiger partial charge in [-0.15, -0.1) is 11.3 Å². The molecule has 2 atom stereocenters. The van der Waals surface area contributed by atoms with E-state index in [9.17, 15) is 14.9 Å². The van der Waals surface area contributed by atoms with Crippen LogP contribution in [-0.2, 0) is 4.79 Å². The monoisotopic (exact) mass is 381 g/mol. The molecule has 0 unspecified atom stereocenters. The van der Waals surface area contributed by atoms with Gasteiger partial charge in [0.05, 0.1) is 20.9 Å². The predicted molar refractivity (Wildman–Crippen MR) is 103 cm³/mol. The first-order chi connectivity index (χ1) is 11.9. The lowest BCUT2D eigenvalue weighted by Crippen LogP contribution is -2.45. The van der Waals surface area contributed by atoms with E-state index in [4.69, 9.17) is 0 Å². The van der Waals surface area contributed by atoms with Crippen LogP contribution in [-0.4, -0.2) is 38.6 Å². The van der Waals surface area contributed by atoms with E-state index in [1.807, 2.05) is 4.90 Å². The third-order valence-corrected chi connectivity index (χ3v) is 6.45. The number of aromatic nitrogens is 1. The van der Waals surface area contributed by atoms with Gasteiger partial charge in [0, 0.05) is 24.2 Å². The zero-order chi connectivity index (χ0) is 18.6. The van der Waals surface area contributed by atoms with Crippen molar-refractivity contribution >= 4 is 44.9 Å². The predicted octanol–water partition coefficient (Wildman–Crippen LogP) is 4.72. The topological polar surface area (TPSA) is 76.3 Å². The van der Waals surface area contributed by atoms with Crippen molar-refractivity contribution in [2.75, 3.05) is 5.75 Å². The highest BCUT2D eigenvalue weighted by atomic mass is 32.2. The summed E-state index contributed by atoms with van der Waals surface area (Å²) in [6.07, 6.45) is 1.84. The zero-order valence-corrected chi connectivity index (χ0v) is 16.5. The van der Waals surface area contributed by atoms with Crippen LogP contribution >= 0.6 is 23.1 Å². The summed E-state index contributed by atoms with van der Waals surface area (Å²) in [5.74, 6) is 0.440. The van der Waals surface area contributed by atoms with Crippen LogP contribution in [0.25, 0.3) is 10.2 Å². The Labute approximate surface area is 155 Å². The first-order valence-corrected chi connectivity index (χ1v) is 10.2. The molecule has 0 fully saturated rings. The lowest BCUT2D eigenvalue weighted by atomic mass is 10.1. The number of hydrogen-bond donors (Lipinski definition) is 0. The highest BCUT2D eigenvalue weighted by Gasteiger charge is 2.23. The summed E-state index contributed by atoms with van der Waals surface area (Å²) in [6, 6.07) is 5.06. The van der Waals surface area contributed by atoms with Crippen molar-refractivity contribution in [3.63, 3.8) is 0 Å². The van der Waals surface area contributed by atoms with Gasteiger partial charge < -0.3 is 4.90 Å². The van der Waals surface area contributed by atoms with Gasteiger partial charge >= 0.3 is 0 Å².